The van der Waals surface area contributed by atoms with Crippen molar-refractivity contribution in [3.8, 4) is 0 Å². The van der Waals surface area contributed by atoms with Gasteiger partial charge < -0.3 is 5.73 Å². The van der Waals surface area contributed by atoms with E-state index in [1.165, 1.54) is 18.2 Å². The van der Waals surface area contributed by atoms with Crippen LogP contribution in [0.1, 0.15) is 0 Å². The van der Waals surface area contributed by atoms with Crippen LogP contribution >= 0.6 is 34.8 Å². The molecule has 0 saturated heterocycles. The van der Waals surface area contributed by atoms with Crippen molar-refractivity contribution in [3.63, 3.8) is 0 Å². The van der Waals surface area contributed by atoms with Gasteiger partial charge in [-0.05, 0) is 30.3 Å². The first-order valence-electron chi connectivity index (χ1n) is 5.42. The molecule has 9 heteroatoms. The third kappa shape index (κ3) is 3.71. The molecular weight excluding hydrogens is 362 g/mol. The van der Waals surface area contributed by atoms with E-state index in [1.807, 2.05) is 0 Å². The van der Waals surface area contributed by atoms with E-state index in [0.717, 1.165) is 12.1 Å². The standard InChI is InChI=1S/C12H8Cl3FN2O2S/c13-6-1-8(16)5-9(2-6)18-21(19,20)12-10(15)3-7(14)4-11(12)17/h1-5,18H,17H2. The first-order valence-corrected chi connectivity index (χ1v) is 8.04. The fourth-order valence-electron chi connectivity index (χ4n) is 1.68. The van der Waals surface area contributed by atoms with Gasteiger partial charge in [-0.2, -0.15) is 0 Å². The number of nitrogens with one attached hydrogen (secondary N) is 1. The Bertz CT molecular complexity index is 769. The molecule has 112 valence electrons. The molecule has 4 nitrogen and oxygen atoms in total. The minimum absolute atomic E-state index is 0.0443. The van der Waals surface area contributed by atoms with E-state index in [0.29, 0.717) is 0 Å². The predicted molar refractivity (Wildman–Crippen MR) is 83.1 cm³/mol. The molecule has 3 N–H and O–H groups in total. The van der Waals surface area contributed by atoms with Crippen LogP contribution in [0.3, 0.4) is 0 Å². The van der Waals surface area contributed by atoms with E-state index < -0.39 is 15.8 Å². The van der Waals surface area contributed by atoms with Crippen molar-refractivity contribution in [3.05, 3.63) is 51.2 Å². The zero-order chi connectivity index (χ0) is 15.8. The summed E-state index contributed by atoms with van der Waals surface area (Å²) in [5.41, 5.74) is 5.46. The summed E-state index contributed by atoms with van der Waals surface area (Å²) in [6, 6.07) is 5.77. The number of rotatable bonds is 3. The molecule has 2 aromatic carbocycles. The van der Waals surface area contributed by atoms with Crippen LogP contribution in [0.25, 0.3) is 0 Å². The smallest absolute Gasteiger partial charge is 0.265 e. The van der Waals surface area contributed by atoms with Gasteiger partial charge in [0, 0.05) is 10.0 Å². The van der Waals surface area contributed by atoms with E-state index in [4.69, 9.17) is 40.5 Å². The highest BCUT2D eigenvalue weighted by Gasteiger charge is 2.22. The summed E-state index contributed by atoms with van der Waals surface area (Å²) >= 11 is 17.3. The molecule has 0 unspecified atom stereocenters. The number of anilines is 2. The zero-order valence-corrected chi connectivity index (χ0v) is 13.3. The van der Waals surface area contributed by atoms with Gasteiger partial charge in [-0.1, -0.05) is 34.8 Å². The Hall–Kier alpha value is -1.21. The molecular formula is C12H8Cl3FN2O2S. The average molecular weight is 370 g/mol. The monoisotopic (exact) mass is 368 g/mol. The molecule has 0 aliphatic carbocycles. The van der Waals surface area contributed by atoms with Crippen molar-refractivity contribution in [2.75, 3.05) is 10.5 Å². The summed E-state index contributed by atoms with van der Waals surface area (Å²) in [5.74, 6) is -0.685. The van der Waals surface area contributed by atoms with E-state index in [2.05, 4.69) is 4.72 Å². The number of nitrogens with two attached hydrogens (primary N) is 1. The zero-order valence-electron chi connectivity index (χ0n) is 10.2. The van der Waals surface area contributed by atoms with Crippen LogP contribution in [0.4, 0.5) is 15.8 Å². The normalized spacial score (nSPS) is 11.4. The predicted octanol–water partition coefficient (Wildman–Crippen LogP) is 4.17. The van der Waals surface area contributed by atoms with Crippen molar-refractivity contribution in [1.29, 1.82) is 0 Å². The highest BCUT2D eigenvalue weighted by molar-refractivity contribution is 7.93. The molecule has 0 spiro atoms. The SMILES string of the molecule is Nc1cc(Cl)cc(Cl)c1S(=O)(=O)Nc1cc(F)cc(Cl)c1. The van der Waals surface area contributed by atoms with Crippen LogP contribution in [0.5, 0.6) is 0 Å². The van der Waals surface area contributed by atoms with Crippen LogP contribution in [0.15, 0.2) is 35.2 Å². The Balaban J connectivity index is 2.48. The van der Waals surface area contributed by atoms with Gasteiger partial charge in [-0.25, -0.2) is 12.8 Å². The molecule has 0 heterocycles. The number of nitrogen functional groups attached to an aromatic ring is 1. The second kappa shape index (κ2) is 5.88. The van der Waals surface area contributed by atoms with E-state index >= 15 is 0 Å². The molecule has 0 aliphatic heterocycles. The highest BCUT2D eigenvalue weighted by atomic mass is 35.5. The van der Waals surface area contributed by atoms with Crippen molar-refractivity contribution in [2.45, 2.75) is 4.90 Å². The molecule has 21 heavy (non-hydrogen) atoms. The largest absolute Gasteiger partial charge is 0.398 e. The maximum Gasteiger partial charge on any atom is 0.265 e. The molecule has 0 saturated carbocycles. The Kier molecular flexibility index (Phi) is 4.53. The Morgan fingerprint density at radius 2 is 1.62 bits per heavy atom. The van der Waals surface area contributed by atoms with Crippen molar-refractivity contribution in [2.24, 2.45) is 0 Å². The van der Waals surface area contributed by atoms with Crippen LogP contribution in [0.2, 0.25) is 15.1 Å². The number of hydrogen-bond donors (Lipinski definition) is 2. The molecule has 2 rings (SSSR count). The lowest BCUT2D eigenvalue weighted by Crippen LogP contribution is -2.15. The molecule has 0 aliphatic rings. The Morgan fingerprint density at radius 1 is 1.00 bits per heavy atom. The lowest BCUT2D eigenvalue weighted by atomic mass is 10.3. The summed E-state index contributed by atoms with van der Waals surface area (Å²) in [4.78, 5) is -0.339. The summed E-state index contributed by atoms with van der Waals surface area (Å²) in [7, 11) is -4.12. The van der Waals surface area contributed by atoms with E-state index in [9.17, 15) is 12.8 Å². The minimum Gasteiger partial charge on any atom is -0.398 e. The van der Waals surface area contributed by atoms with Gasteiger partial charge >= 0.3 is 0 Å². The van der Waals surface area contributed by atoms with Gasteiger partial charge in [0.05, 0.1) is 16.4 Å². The van der Waals surface area contributed by atoms with Gasteiger partial charge in [-0.3, -0.25) is 4.72 Å². The Morgan fingerprint density at radius 3 is 2.19 bits per heavy atom. The molecule has 0 radical (unpaired) electrons. The number of benzene rings is 2. The molecule has 0 amide bonds. The molecule has 0 atom stereocenters. The average Bonchev–Trinajstić information content (AvgIpc) is 2.23. The second-order valence-corrected chi connectivity index (χ2v) is 6.97. The van der Waals surface area contributed by atoms with Crippen molar-refractivity contribution >= 4 is 56.2 Å². The topological polar surface area (TPSA) is 72.2 Å². The second-order valence-electron chi connectivity index (χ2n) is 4.07. The number of halogens is 4. The maximum atomic E-state index is 13.2. The van der Waals surface area contributed by atoms with E-state index in [1.54, 1.807) is 0 Å². The maximum absolute atomic E-state index is 13.2. The molecule has 0 fully saturated rings. The van der Waals surface area contributed by atoms with Gasteiger partial charge in [-0.15, -0.1) is 0 Å². The fourth-order valence-corrected chi connectivity index (χ4v) is 3.93. The summed E-state index contributed by atoms with van der Waals surface area (Å²) in [6.07, 6.45) is 0. The van der Waals surface area contributed by atoms with Crippen molar-refractivity contribution < 1.29 is 12.8 Å². The minimum atomic E-state index is -4.12. The fraction of sp³-hybridized carbons (Fsp3) is 0. The summed E-state index contributed by atoms with van der Waals surface area (Å²) < 4.78 is 40.0. The van der Waals surface area contributed by atoms with Gasteiger partial charge in [0.1, 0.15) is 10.7 Å². The molecule has 0 bridgehead atoms. The summed E-state index contributed by atoms with van der Waals surface area (Å²) in [5, 5.41) is 0.100. The van der Waals surface area contributed by atoms with Gasteiger partial charge in [0.2, 0.25) is 0 Å². The van der Waals surface area contributed by atoms with Crippen molar-refractivity contribution in [1.82, 2.24) is 0 Å². The van der Waals surface area contributed by atoms with Gasteiger partial charge in [0.25, 0.3) is 10.0 Å². The van der Waals surface area contributed by atoms with E-state index in [-0.39, 0.29) is 31.3 Å². The number of hydrogen-bond acceptors (Lipinski definition) is 3. The molecule has 2 aromatic rings. The number of sulfonamides is 1. The van der Waals surface area contributed by atoms with Crippen LogP contribution in [0, 0.1) is 5.82 Å². The third-order valence-electron chi connectivity index (χ3n) is 2.42. The van der Waals surface area contributed by atoms with Crippen LogP contribution in [-0.2, 0) is 10.0 Å². The third-order valence-corrected chi connectivity index (χ3v) is 4.76. The quantitative estimate of drug-likeness (QED) is 0.798. The highest BCUT2D eigenvalue weighted by Crippen LogP contribution is 2.32. The molecule has 0 aromatic heterocycles. The summed E-state index contributed by atoms with van der Waals surface area (Å²) in [6.45, 7) is 0. The van der Waals surface area contributed by atoms with Crippen LogP contribution < -0.4 is 10.5 Å². The lowest BCUT2D eigenvalue weighted by Gasteiger charge is -2.12. The first-order chi connectivity index (χ1) is 9.69. The Labute approximate surface area is 135 Å². The lowest BCUT2D eigenvalue weighted by molar-refractivity contribution is 0.601. The van der Waals surface area contributed by atoms with Gasteiger partial charge in [0.15, 0.2) is 0 Å². The van der Waals surface area contributed by atoms with Crippen LogP contribution in [-0.4, -0.2) is 8.42 Å². The first kappa shape index (κ1) is 16.2.